The number of ether oxygens (including phenoxy) is 1. The number of esters is 1. The van der Waals surface area contributed by atoms with Gasteiger partial charge in [0, 0.05) is 6.08 Å². The van der Waals surface area contributed by atoms with E-state index >= 15 is 0 Å². The Balaban J connectivity index is 3.25. The van der Waals surface area contributed by atoms with Crippen molar-refractivity contribution in [1.29, 1.82) is 0 Å². The first kappa shape index (κ1) is 11.2. The van der Waals surface area contributed by atoms with Crippen molar-refractivity contribution in [3.63, 3.8) is 0 Å². The van der Waals surface area contributed by atoms with Crippen LogP contribution in [-0.2, 0) is 9.53 Å². The summed E-state index contributed by atoms with van der Waals surface area (Å²) in [5.74, 6) is -0.317. The van der Waals surface area contributed by atoms with Crippen molar-refractivity contribution in [2.45, 2.75) is 32.8 Å². The molecule has 0 bridgehead atoms. The lowest BCUT2D eigenvalue weighted by molar-refractivity contribution is -0.138. The molecule has 0 aromatic carbocycles. The molecule has 0 rings (SSSR count). The van der Waals surface area contributed by atoms with Crippen LogP contribution >= 0.6 is 0 Å². The van der Waals surface area contributed by atoms with Gasteiger partial charge in [-0.15, -0.1) is 0 Å². The van der Waals surface area contributed by atoms with Gasteiger partial charge in [-0.3, -0.25) is 0 Å². The number of carbonyl (C=O) groups is 1. The molecule has 0 fully saturated rings. The topological polar surface area (TPSA) is 46.5 Å². The lowest BCUT2D eigenvalue weighted by Crippen LogP contribution is -2.06. The molecule has 1 unspecified atom stereocenters. The molecule has 0 aliphatic heterocycles. The Kier molecular flexibility index (Phi) is 6.38. The first-order valence-electron chi connectivity index (χ1n) is 4.14. The van der Waals surface area contributed by atoms with E-state index < -0.39 is 0 Å². The molecule has 0 saturated heterocycles. The van der Waals surface area contributed by atoms with Crippen molar-refractivity contribution >= 4 is 5.97 Å². The maximum absolute atomic E-state index is 10.7. The van der Waals surface area contributed by atoms with Gasteiger partial charge in [-0.2, -0.15) is 0 Å². The monoisotopic (exact) mass is 172 g/mol. The molecule has 3 heteroatoms. The Hall–Kier alpha value is -0.830. The molecule has 0 spiro atoms. The van der Waals surface area contributed by atoms with E-state index in [0.717, 1.165) is 0 Å². The fraction of sp³-hybridized carbons (Fsp3) is 0.667. The Bertz CT molecular complexity index is 150. The molecular formula is C9H16O3. The van der Waals surface area contributed by atoms with Crippen LogP contribution in [0.4, 0.5) is 0 Å². The second kappa shape index (κ2) is 6.85. The van der Waals surface area contributed by atoms with Crippen LogP contribution in [0.5, 0.6) is 0 Å². The Morgan fingerprint density at radius 3 is 2.83 bits per heavy atom. The minimum Gasteiger partial charge on any atom is -0.463 e. The molecule has 3 nitrogen and oxygen atoms in total. The standard InChI is InChI=1S/C9H16O3/c1-3-5-9(11)12-7-4-6-8(2)10/h3,5,8,10H,4,6-7H2,1-2H3/b5-3+. The third-order valence-corrected chi connectivity index (χ3v) is 1.31. The van der Waals surface area contributed by atoms with Gasteiger partial charge in [-0.1, -0.05) is 6.08 Å². The maximum Gasteiger partial charge on any atom is 0.330 e. The first-order chi connectivity index (χ1) is 5.66. The minimum absolute atomic E-state index is 0.314. The van der Waals surface area contributed by atoms with Crippen LogP contribution in [0.1, 0.15) is 26.7 Å². The summed E-state index contributed by atoms with van der Waals surface area (Å²) >= 11 is 0. The second-order valence-corrected chi connectivity index (χ2v) is 2.66. The van der Waals surface area contributed by atoms with Gasteiger partial charge in [-0.25, -0.2) is 4.79 Å². The molecular weight excluding hydrogens is 156 g/mol. The van der Waals surface area contributed by atoms with E-state index in [1.165, 1.54) is 6.08 Å². The van der Waals surface area contributed by atoms with Gasteiger partial charge >= 0.3 is 5.97 Å². The van der Waals surface area contributed by atoms with Gasteiger partial charge in [0.05, 0.1) is 12.7 Å². The van der Waals surface area contributed by atoms with Gasteiger partial charge in [0.1, 0.15) is 0 Å². The zero-order valence-electron chi connectivity index (χ0n) is 7.62. The number of aliphatic hydroxyl groups is 1. The first-order valence-corrected chi connectivity index (χ1v) is 4.14. The lowest BCUT2D eigenvalue weighted by Gasteiger charge is -2.03. The summed E-state index contributed by atoms with van der Waals surface area (Å²) in [5, 5.41) is 8.87. The summed E-state index contributed by atoms with van der Waals surface area (Å²) in [6.07, 6.45) is 4.08. The van der Waals surface area contributed by atoms with Crippen LogP contribution in [0.25, 0.3) is 0 Å². The molecule has 0 aliphatic rings. The largest absolute Gasteiger partial charge is 0.463 e. The van der Waals surface area contributed by atoms with E-state index in [4.69, 9.17) is 9.84 Å². The summed E-state index contributed by atoms with van der Waals surface area (Å²) in [5.41, 5.74) is 0. The Morgan fingerprint density at radius 2 is 2.33 bits per heavy atom. The van der Waals surface area contributed by atoms with Crippen LogP contribution in [0.3, 0.4) is 0 Å². The molecule has 1 atom stereocenters. The Morgan fingerprint density at radius 1 is 1.67 bits per heavy atom. The highest BCUT2D eigenvalue weighted by Crippen LogP contribution is 1.96. The molecule has 0 radical (unpaired) electrons. The summed E-state index contributed by atoms with van der Waals surface area (Å²) in [6.45, 7) is 3.86. The average Bonchev–Trinajstić information content (AvgIpc) is 1.98. The summed E-state index contributed by atoms with van der Waals surface area (Å²) < 4.78 is 4.80. The predicted molar refractivity (Wildman–Crippen MR) is 46.7 cm³/mol. The number of rotatable bonds is 5. The highest BCUT2D eigenvalue weighted by Gasteiger charge is 1.98. The number of allylic oxidation sites excluding steroid dienone is 1. The molecule has 70 valence electrons. The summed E-state index contributed by atoms with van der Waals surface area (Å²) in [7, 11) is 0. The fourth-order valence-electron chi connectivity index (χ4n) is 0.736. The number of carbonyl (C=O) groups excluding carboxylic acids is 1. The van der Waals surface area contributed by atoms with Gasteiger partial charge in [0.2, 0.25) is 0 Å². The van der Waals surface area contributed by atoms with Gasteiger partial charge in [-0.05, 0) is 26.7 Å². The van der Waals surface area contributed by atoms with Crippen molar-refractivity contribution in [2.24, 2.45) is 0 Å². The van der Waals surface area contributed by atoms with Crippen molar-refractivity contribution in [2.75, 3.05) is 6.61 Å². The van der Waals surface area contributed by atoms with E-state index in [9.17, 15) is 4.79 Å². The maximum atomic E-state index is 10.7. The summed E-state index contributed by atoms with van der Waals surface area (Å²) in [6, 6.07) is 0. The average molecular weight is 172 g/mol. The lowest BCUT2D eigenvalue weighted by atomic mass is 10.2. The molecule has 0 aromatic heterocycles. The summed E-state index contributed by atoms with van der Waals surface area (Å²) in [4.78, 5) is 10.7. The van der Waals surface area contributed by atoms with Gasteiger partial charge < -0.3 is 9.84 Å². The van der Waals surface area contributed by atoms with Gasteiger partial charge in [0.15, 0.2) is 0 Å². The molecule has 0 aliphatic carbocycles. The highest BCUT2D eigenvalue weighted by molar-refractivity contribution is 5.81. The number of hydrogen-bond acceptors (Lipinski definition) is 3. The molecule has 0 aromatic rings. The normalized spacial score (nSPS) is 13.2. The van der Waals surface area contributed by atoms with Crippen LogP contribution < -0.4 is 0 Å². The van der Waals surface area contributed by atoms with Crippen molar-refractivity contribution in [3.05, 3.63) is 12.2 Å². The van der Waals surface area contributed by atoms with Crippen LogP contribution in [0.2, 0.25) is 0 Å². The van der Waals surface area contributed by atoms with Crippen molar-refractivity contribution in [3.8, 4) is 0 Å². The molecule has 1 N–H and O–H groups in total. The van der Waals surface area contributed by atoms with Gasteiger partial charge in [0.25, 0.3) is 0 Å². The van der Waals surface area contributed by atoms with E-state index in [1.54, 1.807) is 19.9 Å². The highest BCUT2D eigenvalue weighted by atomic mass is 16.5. The number of aliphatic hydroxyl groups excluding tert-OH is 1. The molecule has 12 heavy (non-hydrogen) atoms. The zero-order chi connectivity index (χ0) is 9.40. The second-order valence-electron chi connectivity index (χ2n) is 2.66. The Labute approximate surface area is 73.0 Å². The zero-order valence-corrected chi connectivity index (χ0v) is 7.62. The predicted octanol–water partition coefficient (Wildman–Crippen LogP) is 1.27. The molecule has 0 amide bonds. The third-order valence-electron chi connectivity index (χ3n) is 1.31. The molecule has 0 heterocycles. The molecule has 0 saturated carbocycles. The van der Waals surface area contributed by atoms with Crippen LogP contribution in [0, 0.1) is 0 Å². The quantitative estimate of drug-likeness (QED) is 0.386. The van der Waals surface area contributed by atoms with E-state index in [2.05, 4.69) is 0 Å². The number of hydrogen-bond donors (Lipinski definition) is 1. The van der Waals surface area contributed by atoms with Crippen molar-refractivity contribution < 1.29 is 14.6 Å². The van der Waals surface area contributed by atoms with E-state index in [0.29, 0.717) is 19.4 Å². The fourth-order valence-corrected chi connectivity index (χ4v) is 0.736. The smallest absolute Gasteiger partial charge is 0.330 e. The third kappa shape index (κ3) is 7.28. The van der Waals surface area contributed by atoms with Crippen LogP contribution in [0.15, 0.2) is 12.2 Å². The van der Waals surface area contributed by atoms with Crippen LogP contribution in [-0.4, -0.2) is 23.8 Å². The van der Waals surface area contributed by atoms with Crippen molar-refractivity contribution in [1.82, 2.24) is 0 Å². The van der Waals surface area contributed by atoms with E-state index in [1.807, 2.05) is 0 Å². The SMILES string of the molecule is C/C=C/C(=O)OCCCC(C)O. The minimum atomic E-state index is -0.317. The van der Waals surface area contributed by atoms with E-state index in [-0.39, 0.29) is 12.1 Å².